The zero-order chi connectivity index (χ0) is 71.9. The minimum absolute atomic E-state index is 0.108. The van der Waals surface area contributed by atoms with Crippen molar-refractivity contribution in [1.29, 1.82) is 0 Å². The summed E-state index contributed by atoms with van der Waals surface area (Å²) in [5.41, 5.74) is 0. The molecule has 0 aromatic carbocycles. The summed E-state index contributed by atoms with van der Waals surface area (Å²) < 4.78 is 68.5. The van der Waals surface area contributed by atoms with Gasteiger partial charge in [0, 0.05) is 25.7 Å². The van der Waals surface area contributed by atoms with Gasteiger partial charge in [-0.25, -0.2) is 9.13 Å². The third kappa shape index (κ3) is 71.1. The van der Waals surface area contributed by atoms with Crippen LogP contribution in [0.15, 0.2) is 0 Å². The van der Waals surface area contributed by atoms with E-state index < -0.39 is 97.5 Å². The Morgan fingerprint density at radius 3 is 0.724 bits per heavy atom. The smallest absolute Gasteiger partial charge is 0.462 e. The number of ether oxygens (including phenoxy) is 4. The van der Waals surface area contributed by atoms with Crippen molar-refractivity contribution in [2.24, 2.45) is 5.92 Å². The molecule has 3 unspecified atom stereocenters. The van der Waals surface area contributed by atoms with Crippen molar-refractivity contribution >= 4 is 39.5 Å². The van der Waals surface area contributed by atoms with Gasteiger partial charge in [-0.2, -0.15) is 0 Å². The number of hydrogen-bond acceptors (Lipinski definition) is 15. The van der Waals surface area contributed by atoms with Gasteiger partial charge in [0.1, 0.15) is 19.3 Å². The van der Waals surface area contributed by atoms with E-state index in [2.05, 4.69) is 34.6 Å². The van der Waals surface area contributed by atoms with Crippen LogP contribution in [0.2, 0.25) is 0 Å². The first-order chi connectivity index (χ1) is 47.6. The number of carbonyl (C=O) groups is 4. The number of phosphoric ester groups is 2. The molecule has 0 bridgehead atoms. The molecule has 0 rings (SSSR count). The molecule has 17 nitrogen and oxygen atoms in total. The predicted molar refractivity (Wildman–Crippen MR) is 400 cm³/mol. The Bertz CT molecular complexity index is 1880. The summed E-state index contributed by atoms with van der Waals surface area (Å²) in [6.07, 6.45) is 62.5. The van der Waals surface area contributed by atoms with Crippen molar-refractivity contribution in [2.75, 3.05) is 39.6 Å². The topological polar surface area (TPSA) is 237 Å². The molecular weight excluding hydrogens is 1280 g/mol. The van der Waals surface area contributed by atoms with Crippen LogP contribution in [0.25, 0.3) is 0 Å². The number of phosphoric acid groups is 2. The van der Waals surface area contributed by atoms with Crippen molar-refractivity contribution in [1.82, 2.24) is 0 Å². The number of esters is 4. The minimum atomic E-state index is -4.96. The average Bonchev–Trinajstić information content (AvgIpc) is 1.21. The third-order valence-corrected chi connectivity index (χ3v) is 20.8. The first kappa shape index (κ1) is 96.1. The molecule has 0 aliphatic heterocycles. The van der Waals surface area contributed by atoms with Crippen molar-refractivity contribution in [2.45, 2.75) is 438 Å². The average molecular weight is 1440 g/mol. The molecule has 0 radical (unpaired) electrons. The van der Waals surface area contributed by atoms with Crippen molar-refractivity contribution in [3.63, 3.8) is 0 Å². The van der Waals surface area contributed by atoms with Gasteiger partial charge in [-0.1, -0.05) is 369 Å². The second-order valence-electron chi connectivity index (χ2n) is 28.7. The van der Waals surface area contributed by atoms with Crippen LogP contribution in [0.1, 0.15) is 420 Å². The number of aliphatic hydroxyl groups is 1. The lowest BCUT2D eigenvalue weighted by Gasteiger charge is -2.21. The predicted octanol–water partition coefficient (Wildman–Crippen LogP) is 23.6. The summed E-state index contributed by atoms with van der Waals surface area (Å²) in [5.74, 6) is -1.24. The number of unbranched alkanes of at least 4 members (excludes halogenated alkanes) is 50. The first-order valence-electron chi connectivity index (χ1n) is 41.2. The van der Waals surface area contributed by atoms with Crippen LogP contribution in [0.3, 0.4) is 0 Å². The molecule has 0 amide bonds. The molecular formula is C79H154O17P2. The van der Waals surface area contributed by atoms with E-state index in [0.717, 1.165) is 109 Å². The zero-order valence-electron chi connectivity index (χ0n) is 63.9. The van der Waals surface area contributed by atoms with E-state index >= 15 is 0 Å². The fraction of sp³-hybridized carbons (Fsp3) is 0.949. The molecule has 0 aromatic heterocycles. The lowest BCUT2D eigenvalue weighted by atomic mass is 9.99. The van der Waals surface area contributed by atoms with Crippen molar-refractivity contribution < 1.29 is 80.2 Å². The highest BCUT2D eigenvalue weighted by atomic mass is 31.2. The van der Waals surface area contributed by atoms with E-state index in [1.807, 2.05) is 0 Å². The molecule has 3 N–H and O–H groups in total. The van der Waals surface area contributed by atoms with Crippen LogP contribution in [-0.4, -0.2) is 96.7 Å². The Kier molecular flexibility index (Phi) is 70.6. The summed E-state index contributed by atoms with van der Waals surface area (Å²) in [7, 11) is -9.91. The maximum Gasteiger partial charge on any atom is 0.472 e. The van der Waals surface area contributed by atoms with Crippen LogP contribution in [-0.2, 0) is 65.4 Å². The highest BCUT2D eigenvalue weighted by molar-refractivity contribution is 7.47. The van der Waals surface area contributed by atoms with Gasteiger partial charge in [0.15, 0.2) is 12.2 Å². The van der Waals surface area contributed by atoms with Gasteiger partial charge in [0.05, 0.1) is 26.4 Å². The third-order valence-electron chi connectivity index (χ3n) is 18.9. The van der Waals surface area contributed by atoms with E-state index in [4.69, 9.17) is 37.0 Å². The Morgan fingerprint density at radius 2 is 0.490 bits per heavy atom. The standard InChI is InChI=1S/C79H154O17P2/c1-6-10-13-16-19-21-23-25-26-32-36-39-43-48-53-58-63-77(82)90-69-75(96-79(84)65-60-55-50-45-41-37-33-30-28-27-29-31-35-38-42-47-51-56-61-72(5)9-4)71-94-98(87,88)92-67-73(80)66-91-97(85,86)93-70-74(68-89-76(81)62-57-52-46-18-15-12-8-3)95-78(83)64-59-54-49-44-40-34-24-22-20-17-14-11-7-2/h72-75,80H,6-71H2,1-5H3,(H,85,86)(H,87,88)/t72?,73-,74+,75+/m0/s1. The van der Waals surface area contributed by atoms with Crippen molar-refractivity contribution in [3.05, 3.63) is 0 Å². The molecule has 6 atom stereocenters. The lowest BCUT2D eigenvalue weighted by molar-refractivity contribution is -0.161. The van der Waals surface area contributed by atoms with Gasteiger partial charge < -0.3 is 33.8 Å². The van der Waals surface area contributed by atoms with E-state index in [1.165, 1.54) is 231 Å². The molecule has 0 heterocycles. The fourth-order valence-corrected chi connectivity index (χ4v) is 13.8. The normalized spacial score (nSPS) is 14.2. The molecule has 19 heteroatoms. The molecule has 0 aliphatic rings. The highest BCUT2D eigenvalue weighted by Crippen LogP contribution is 2.45. The van der Waals surface area contributed by atoms with Gasteiger partial charge in [-0.3, -0.25) is 37.3 Å². The SMILES string of the molecule is CCCCCCCCCCCCCCCCCCC(=O)OC[C@H](COP(=O)(O)OC[C@@H](O)COP(=O)(O)OC[C@@H](COC(=O)CCCCCCCCC)OC(=O)CCCCCCCCCCCCCCC)OC(=O)CCCCCCCCCCCCCCCCCCCCC(C)CC. The highest BCUT2D eigenvalue weighted by Gasteiger charge is 2.30. The Morgan fingerprint density at radius 1 is 0.286 bits per heavy atom. The summed E-state index contributed by atoms with van der Waals surface area (Å²) in [6.45, 7) is 7.34. The van der Waals surface area contributed by atoms with Crippen LogP contribution in [0.5, 0.6) is 0 Å². The van der Waals surface area contributed by atoms with E-state index in [1.54, 1.807) is 0 Å². The first-order valence-corrected chi connectivity index (χ1v) is 44.2. The van der Waals surface area contributed by atoms with Crippen LogP contribution >= 0.6 is 15.6 Å². The monoisotopic (exact) mass is 1440 g/mol. The number of aliphatic hydroxyl groups excluding tert-OH is 1. The van der Waals surface area contributed by atoms with Gasteiger partial charge in [0.2, 0.25) is 0 Å². The maximum absolute atomic E-state index is 13.1. The second kappa shape index (κ2) is 72.0. The Labute approximate surface area is 600 Å². The van der Waals surface area contributed by atoms with Gasteiger partial charge in [-0.05, 0) is 31.6 Å². The van der Waals surface area contributed by atoms with Crippen LogP contribution < -0.4 is 0 Å². The number of hydrogen-bond donors (Lipinski definition) is 3. The molecule has 582 valence electrons. The molecule has 0 spiro atoms. The summed E-state index contributed by atoms with van der Waals surface area (Å²) in [6, 6.07) is 0. The molecule has 0 saturated carbocycles. The van der Waals surface area contributed by atoms with Gasteiger partial charge in [0.25, 0.3) is 0 Å². The van der Waals surface area contributed by atoms with Crippen LogP contribution in [0, 0.1) is 5.92 Å². The quantitative estimate of drug-likeness (QED) is 0.0222. The summed E-state index contributed by atoms with van der Waals surface area (Å²) in [5, 5.41) is 10.6. The lowest BCUT2D eigenvalue weighted by Crippen LogP contribution is -2.30. The maximum atomic E-state index is 13.1. The minimum Gasteiger partial charge on any atom is -0.462 e. The molecule has 0 saturated heterocycles. The fourth-order valence-electron chi connectivity index (χ4n) is 12.2. The van der Waals surface area contributed by atoms with E-state index in [-0.39, 0.29) is 25.7 Å². The van der Waals surface area contributed by atoms with Gasteiger partial charge in [-0.15, -0.1) is 0 Å². The second-order valence-corrected chi connectivity index (χ2v) is 31.6. The number of rotatable bonds is 79. The van der Waals surface area contributed by atoms with E-state index in [9.17, 15) is 43.2 Å². The summed E-state index contributed by atoms with van der Waals surface area (Å²) >= 11 is 0. The van der Waals surface area contributed by atoms with Crippen molar-refractivity contribution in [3.8, 4) is 0 Å². The number of carbonyl (C=O) groups excluding carboxylic acids is 4. The Hall–Kier alpha value is -1.94. The molecule has 0 aromatic rings. The largest absolute Gasteiger partial charge is 0.472 e. The van der Waals surface area contributed by atoms with Gasteiger partial charge >= 0.3 is 39.5 Å². The van der Waals surface area contributed by atoms with E-state index in [0.29, 0.717) is 25.7 Å². The molecule has 98 heavy (non-hydrogen) atoms. The summed E-state index contributed by atoms with van der Waals surface area (Å²) in [4.78, 5) is 72.8. The Balaban J connectivity index is 5.16. The zero-order valence-corrected chi connectivity index (χ0v) is 65.7. The molecule has 0 aliphatic carbocycles. The molecule has 0 fully saturated rings. The van der Waals surface area contributed by atoms with Crippen LogP contribution in [0.4, 0.5) is 0 Å².